The van der Waals surface area contributed by atoms with Crippen LogP contribution >= 0.6 is 22.6 Å². The lowest BCUT2D eigenvalue weighted by atomic mass is 9.87. The van der Waals surface area contributed by atoms with Crippen molar-refractivity contribution in [2.24, 2.45) is 4.99 Å². The molecule has 0 saturated carbocycles. The first-order valence-electron chi connectivity index (χ1n) is 8.85. The Morgan fingerprint density at radius 3 is 2.27 bits per heavy atom. The Morgan fingerprint density at radius 1 is 0.962 bits per heavy atom. The van der Waals surface area contributed by atoms with Gasteiger partial charge in [0.15, 0.2) is 0 Å². The maximum atomic E-state index is 4.65. The van der Waals surface area contributed by atoms with Gasteiger partial charge in [-0.1, -0.05) is 39.0 Å². The van der Waals surface area contributed by atoms with Gasteiger partial charge in [0.25, 0.3) is 0 Å². The minimum Gasteiger partial charge on any atom is -0.318 e. The number of nitrogens with zero attached hydrogens (tertiary/aromatic N) is 2. The summed E-state index contributed by atoms with van der Waals surface area (Å²) in [4.78, 5) is 4.65. The molecule has 0 aliphatic rings. The molecule has 2 aromatic carbocycles. The summed E-state index contributed by atoms with van der Waals surface area (Å²) in [7, 11) is 0. The number of benzene rings is 2. The summed E-state index contributed by atoms with van der Waals surface area (Å²) in [6.07, 6.45) is 1.97. The topological polar surface area (TPSA) is 17.3 Å². The molecule has 0 spiro atoms. The fraction of sp³-hybridized carbons (Fsp3) is 0.261. The summed E-state index contributed by atoms with van der Waals surface area (Å²) >= 11 is 2.31. The van der Waals surface area contributed by atoms with E-state index in [1.807, 2.05) is 18.3 Å². The quantitative estimate of drug-likeness (QED) is 0.307. The number of rotatable bonds is 3. The predicted octanol–water partition coefficient (Wildman–Crippen LogP) is 6.75. The van der Waals surface area contributed by atoms with Gasteiger partial charge in [-0.2, -0.15) is 0 Å². The molecule has 1 aromatic heterocycles. The lowest BCUT2D eigenvalue weighted by Crippen LogP contribution is -2.11. The molecule has 0 aliphatic heterocycles. The Kier molecular flexibility index (Phi) is 5.37. The first kappa shape index (κ1) is 18.9. The smallest absolute Gasteiger partial charge is 0.0640 e. The highest BCUT2D eigenvalue weighted by atomic mass is 127. The van der Waals surface area contributed by atoms with Crippen molar-refractivity contribution >= 4 is 34.5 Å². The number of aliphatic imine (C=N–C) groups is 1. The third-order valence-electron chi connectivity index (χ3n) is 4.62. The van der Waals surface area contributed by atoms with Gasteiger partial charge >= 0.3 is 0 Å². The monoisotopic (exact) mass is 456 g/mol. The van der Waals surface area contributed by atoms with Crippen molar-refractivity contribution in [3.8, 4) is 5.69 Å². The number of hydrogen-bond acceptors (Lipinski definition) is 1. The van der Waals surface area contributed by atoms with Crippen LogP contribution in [0, 0.1) is 17.4 Å². The first-order chi connectivity index (χ1) is 12.3. The molecular weight excluding hydrogens is 431 g/mol. The van der Waals surface area contributed by atoms with Gasteiger partial charge in [0.1, 0.15) is 0 Å². The minimum absolute atomic E-state index is 0.171. The van der Waals surface area contributed by atoms with Crippen LogP contribution in [0.25, 0.3) is 5.69 Å². The van der Waals surface area contributed by atoms with Gasteiger partial charge in [-0.05, 0) is 83.8 Å². The maximum absolute atomic E-state index is 4.65. The highest BCUT2D eigenvalue weighted by Gasteiger charge is 2.14. The third kappa shape index (κ3) is 4.09. The van der Waals surface area contributed by atoms with E-state index in [1.54, 1.807) is 0 Å². The summed E-state index contributed by atoms with van der Waals surface area (Å²) in [5, 5.41) is 0. The number of hydrogen-bond donors (Lipinski definition) is 0. The molecule has 3 heteroatoms. The molecule has 3 aromatic rings. The molecule has 0 atom stereocenters. The molecule has 0 aliphatic carbocycles. The summed E-state index contributed by atoms with van der Waals surface area (Å²) < 4.78 is 3.49. The fourth-order valence-corrected chi connectivity index (χ4v) is 3.65. The largest absolute Gasteiger partial charge is 0.318 e. The molecule has 1 heterocycles. The molecule has 0 saturated heterocycles. The van der Waals surface area contributed by atoms with Crippen LogP contribution in [0.2, 0.25) is 0 Å². The van der Waals surface area contributed by atoms with Crippen molar-refractivity contribution < 1.29 is 0 Å². The zero-order valence-electron chi connectivity index (χ0n) is 16.0. The van der Waals surface area contributed by atoms with Crippen LogP contribution in [0.5, 0.6) is 0 Å². The number of aryl methyl sites for hydroxylation is 1. The Hall–Kier alpha value is -1.88. The SMILES string of the molecule is Cc1cc(C=Nc2cccc(I)c2)c(C)n1-c1ccc(C(C)(C)C)cc1. The van der Waals surface area contributed by atoms with E-state index in [1.165, 1.54) is 26.2 Å². The molecule has 0 bridgehead atoms. The van der Waals surface area contributed by atoms with E-state index in [-0.39, 0.29) is 5.41 Å². The normalized spacial score (nSPS) is 12.1. The molecular formula is C23H25IN2. The van der Waals surface area contributed by atoms with E-state index in [9.17, 15) is 0 Å². The second kappa shape index (κ2) is 7.39. The van der Waals surface area contributed by atoms with E-state index in [0.717, 1.165) is 11.3 Å². The standard InChI is InChI=1S/C23H25IN2/c1-16-13-18(15-25-21-8-6-7-20(24)14-21)17(2)26(16)22-11-9-19(10-12-22)23(3,4)5/h6-15H,1-5H3. The van der Waals surface area contributed by atoms with Crippen molar-refractivity contribution in [3.63, 3.8) is 0 Å². The Morgan fingerprint density at radius 2 is 1.65 bits per heavy atom. The van der Waals surface area contributed by atoms with Gasteiger partial charge in [0.2, 0.25) is 0 Å². The Bertz CT molecular complexity index is 941. The van der Waals surface area contributed by atoms with Crippen molar-refractivity contribution in [1.82, 2.24) is 4.57 Å². The molecule has 0 unspecified atom stereocenters. The van der Waals surface area contributed by atoms with Crippen molar-refractivity contribution in [1.29, 1.82) is 0 Å². The van der Waals surface area contributed by atoms with Crippen LogP contribution in [-0.4, -0.2) is 10.8 Å². The zero-order valence-corrected chi connectivity index (χ0v) is 18.2. The van der Waals surface area contributed by atoms with Gasteiger partial charge < -0.3 is 4.57 Å². The lowest BCUT2D eigenvalue weighted by molar-refractivity contribution is 0.590. The van der Waals surface area contributed by atoms with Gasteiger partial charge in [-0.25, -0.2) is 0 Å². The summed E-state index contributed by atoms with van der Waals surface area (Å²) in [6, 6.07) is 19.3. The first-order valence-corrected chi connectivity index (χ1v) is 9.93. The second-order valence-electron chi connectivity index (χ2n) is 7.70. The van der Waals surface area contributed by atoms with Crippen LogP contribution in [0.15, 0.2) is 59.6 Å². The maximum Gasteiger partial charge on any atom is 0.0640 e. The van der Waals surface area contributed by atoms with Crippen LogP contribution in [0.1, 0.15) is 43.3 Å². The molecule has 0 radical (unpaired) electrons. The van der Waals surface area contributed by atoms with Crippen LogP contribution in [0.3, 0.4) is 0 Å². The molecule has 0 fully saturated rings. The summed E-state index contributed by atoms with van der Waals surface area (Å²) in [5.74, 6) is 0. The van der Waals surface area contributed by atoms with Crippen LogP contribution in [-0.2, 0) is 5.41 Å². The van der Waals surface area contributed by atoms with E-state index >= 15 is 0 Å². The van der Waals surface area contributed by atoms with Crippen LogP contribution < -0.4 is 0 Å². The molecule has 0 amide bonds. The Labute approximate surface area is 170 Å². The predicted molar refractivity (Wildman–Crippen MR) is 120 cm³/mol. The average molecular weight is 456 g/mol. The van der Waals surface area contributed by atoms with Gasteiger partial charge in [-0.3, -0.25) is 4.99 Å². The van der Waals surface area contributed by atoms with E-state index in [0.29, 0.717) is 0 Å². The van der Waals surface area contributed by atoms with Gasteiger partial charge in [0, 0.05) is 32.4 Å². The Balaban J connectivity index is 1.93. The molecule has 0 N–H and O–H groups in total. The van der Waals surface area contributed by atoms with Gasteiger partial charge in [0.05, 0.1) is 5.69 Å². The van der Waals surface area contributed by atoms with Crippen molar-refractivity contribution in [2.45, 2.75) is 40.0 Å². The zero-order chi connectivity index (χ0) is 18.9. The highest BCUT2D eigenvalue weighted by Crippen LogP contribution is 2.26. The fourth-order valence-electron chi connectivity index (χ4n) is 3.13. The molecule has 26 heavy (non-hydrogen) atoms. The van der Waals surface area contributed by atoms with E-state index < -0.39 is 0 Å². The van der Waals surface area contributed by atoms with Crippen molar-refractivity contribution in [2.75, 3.05) is 0 Å². The summed E-state index contributed by atoms with van der Waals surface area (Å²) in [6.45, 7) is 11.0. The third-order valence-corrected chi connectivity index (χ3v) is 5.29. The number of aromatic nitrogens is 1. The minimum atomic E-state index is 0.171. The molecule has 134 valence electrons. The second-order valence-corrected chi connectivity index (χ2v) is 8.94. The lowest BCUT2D eigenvalue weighted by Gasteiger charge is -2.20. The summed E-state index contributed by atoms with van der Waals surface area (Å²) in [5.41, 5.74) is 7.28. The average Bonchev–Trinajstić information content (AvgIpc) is 2.86. The molecule has 3 rings (SSSR count). The van der Waals surface area contributed by atoms with Crippen molar-refractivity contribution in [3.05, 3.63) is 80.7 Å². The van der Waals surface area contributed by atoms with Crippen LogP contribution in [0.4, 0.5) is 5.69 Å². The highest BCUT2D eigenvalue weighted by molar-refractivity contribution is 14.1. The number of halogens is 1. The molecule has 2 nitrogen and oxygen atoms in total. The van der Waals surface area contributed by atoms with E-state index in [4.69, 9.17) is 0 Å². The van der Waals surface area contributed by atoms with Gasteiger partial charge in [-0.15, -0.1) is 0 Å². The van der Waals surface area contributed by atoms with E-state index in [2.05, 4.69) is 109 Å².